The second-order valence-electron chi connectivity index (χ2n) is 4.36. The van der Waals surface area contributed by atoms with Crippen LogP contribution in [0.1, 0.15) is 41.4 Å². The van der Waals surface area contributed by atoms with Gasteiger partial charge in [0.15, 0.2) is 0 Å². The molecule has 0 unspecified atom stereocenters. The molecule has 0 bridgehead atoms. The van der Waals surface area contributed by atoms with E-state index in [1.165, 1.54) is 0 Å². The molecule has 4 N–H and O–H groups in total. The van der Waals surface area contributed by atoms with Gasteiger partial charge in [0.1, 0.15) is 0 Å². The van der Waals surface area contributed by atoms with Gasteiger partial charge in [-0.15, -0.1) is 0 Å². The third-order valence-corrected chi connectivity index (χ3v) is 3.02. The summed E-state index contributed by atoms with van der Waals surface area (Å²) in [6.45, 7) is 0. The van der Waals surface area contributed by atoms with Crippen LogP contribution < -0.4 is 0 Å². The summed E-state index contributed by atoms with van der Waals surface area (Å²) in [5, 5.41) is 36.0. The summed E-state index contributed by atoms with van der Waals surface area (Å²) in [5.74, 6) is -5.84. The molecule has 0 amide bonds. The zero-order chi connectivity index (χ0) is 16.6. The van der Waals surface area contributed by atoms with E-state index < -0.39 is 46.1 Å². The SMILES string of the molecule is O=C(O)c1cc(C(=O)O)c2cc(C(=O)O)cc(C(=O)O)c2c1.[KH].[KH].[KH]. The van der Waals surface area contributed by atoms with E-state index in [0.29, 0.717) is 0 Å². The monoisotopic (exact) mass is 424 g/mol. The molecule has 0 aliphatic rings. The molecule has 2 aromatic rings. The number of hydrogen-bond acceptors (Lipinski definition) is 4. The summed E-state index contributed by atoms with van der Waals surface area (Å²) >= 11 is 0. The normalized spacial score (nSPS) is 9.12. The number of carboxylic acid groups (broad SMARTS) is 4. The Bertz CT molecular complexity index is 792. The molecular formula is C14H11K3O8. The predicted molar refractivity (Wildman–Crippen MR) is 93.2 cm³/mol. The van der Waals surface area contributed by atoms with Crippen LogP contribution in [0.25, 0.3) is 10.8 Å². The average molecular weight is 425 g/mol. The minimum atomic E-state index is -1.49. The molecule has 25 heavy (non-hydrogen) atoms. The first-order valence-electron chi connectivity index (χ1n) is 5.77. The van der Waals surface area contributed by atoms with Crippen molar-refractivity contribution in [3.63, 3.8) is 0 Å². The molecule has 118 valence electrons. The summed E-state index contributed by atoms with van der Waals surface area (Å²) in [4.78, 5) is 44.6. The van der Waals surface area contributed by atoms with Crippen LogP contribution in [0.2, 0.25) is 0 Å². The Morgan fingerprint density at radius 3 is 1.00 bits per heavy atom. The van der Waals surface area contributed by atoms with Crippen LogP contribution in [0.5, 0.6) is 0 Å². The Morgan fingerprint density at radius 1 is 0.520 bits per heavy atom. The van der Waals surface area contributed by atoms with Gasteiger partial charge < -0.3 is 20.4 Å². The quantitative estimate of drug-likeness (QED) is 0.488. The molecule has 0 aliphatic carbocycles. The zero-order valence-electron chi connectivity index (χ0n) is 10.7. The third-order valence-electron chi connectivity index (χ3n) is 3.02. The van der Waals surface area contributed by atoms with Crippen molar-refractivity contribution in [1.29, 1.82) is 0 Å². The molecule has 0 heterocycles. The molecule has 0 aromatic heterocycles. The standard InChI is InChI=1S/C14H8O8.3K.3H/c15-11(16)5-1-7-8(10(3-5)14(21)22)2-6(12(17)18)4-9(7)13(19)20;;;;;;/h1-4H,(H,15,16)(H,17,18)(H,19,20)(H,21,22);;;;;;. The zero-order valence-corrected chi connectivity index (χ0v) is 10.7. The van der Waals surface area contributed by atoms with E-state index in [2.05, 4.69) is 0 Å². The molecule has 0 atom stereocenters. The maximum atomic E-state index is 11.3. The molecule has 2 rings (SSSR count). The number of rotatable bonds is 4. The van der Waals surface area contributed by atoms with Crippen molar-refractivity contribution in [2.45, 2.75) is 0 Å². The van der Waals surface area contributed by atoms with E-state index >= 15 is 0 Å². The van der Waals surface area contributed by atoms with E-state index in [9.17, 15) is 19.2 Å². The van der Waals surface area contributed by atoms with Crippen molar-refractivity contribution >= 4 is 189 Å². The first kappa shape index (κ1) is 28.7. The summed E-state index contributed by atoms with van der Waals surface area (Å²) < 4.78 is 0. The van der Waals surface area contributed by atoms with Gasteiger partial charge in [-0.25, -0.2) is 19.2 Å². The second-order valence-corrected chi connectivity index (χ2v) is 4.36. The Kier molecular flexibility index (Phi) is 13.9. The molecule has 0 spiro atoms. The summed E-state index contributed by atoms with van der Waals surface area (Å²) in [7, 11) is 0. The van der Waals surface area contributed by atoms with Gasteiger partial charge in [-0.2, -0.15) is 0 Å². The van der Waals surface area contributed by atoms with E-state index in [-0.39, 0.29) is 165 Å². The molecule has 8 nitrogen and oxygen atoms in total. The Hall–Kier alpha value is 1.49. The average Bonchev–Trinajstić information content (AvgIpc) is 2.44. The molecule has 0 saturated carbocycles. The molecule has 0 saturated heterocycles. The van der Waals surface area contributed by atoms with Gasteiger partial charge in [0.05, 0.1) is 22.3 Å². The van der Waals surface area contributed by atoms with Crippen molar-refractivity contribution in [3.8, 4) is 0 Å². The minimum absolute atomic E-state index is 0. The van der Waals surface area contributed by atoms with Crippen molar-refractivity contribution in [2.75, 3.05) is 0 Å². The molecule has 11 heteroatoms. The van der Waals surface area contributed by atoms with Crippen LogP contribution in [0.4, 0.5) is 0 Å². The van der Waals surface area contributed by atoms with Crippen LogP contribution in [0.3, 0.4) is 0 Å². The predicted octanol–water partition coefficient (Wildman–Crippen LogP) is -0.313. The molecule has 0 fully saturated rings. The van der Waals surface area contributed by atoms with Crippen LogP contribution >= 0.6 is 0 Å². The van der Waals surface area contributed by atoms with Crippen molar-refractivity contribution < 1.29 is 39.6 Å². The van der Waals surface area contributed by atoms with Crippen molar-refractivity contribution in [1.82, 2.24) is 0 Å². The van der Waals surface area contributed by atoms with Gasteiger partial charge >= 0.3 is 178 Å². The topological polar surface area (TPSA) is 149 Å². The number of carbonyl (C=O) groups is 4. The van der Waals surface area contributed by atoms with Crippen molar-refractivity contribution in [2.24, 2.45) is 0 Å². The number of hydrogen-bond donors (Lipinski definition) is 4. The fourth-order valence-electron chi connectivity index (χ4n) is 2.06. The summed E-state index contributed by atoms with van der Waals surface area (Å²) in [6, 6.07) is 3.70. The van der Waals surface area contributed by atoms with Gasteiger partial charge in [0, 0.05) is 0 Å². The Morgan fingerprint density at radius 2 is 0.800 bits per heavy atom. The van der Waals surface area contributed by atoms with Crippen LogP contribution in [0, 0.1) is 0 Å². The Labute approximate surface area is 268 Å². The number of carboxylic acids is 4. The van der Waals surface area contributed by atoms with E-state index in [4.69, 9.17) is 20.4 Å². The molecule has 0 radical (unpaired) electrons. The first-order chi connectivity index (χ1) is 10.2. The van der Waals surface area contributed by atoms with Gasteiger partial charge in [0.25, 0.3) is 0 Å². The number of fused-ring (bicyclic) bond motifs is 1. The fourth-order valence-corrected chi connectivity index (χ4v) is 2.06. The molecule has 2 aromatic carbocycles. The summed E-state index contributed by atoms with van der Waals surface area (Å²) in [6.07, 6.45) is 0. The van der Waals surface area contributed by atoms with Gasteiger partial charge in [-0.3, -0.25) is 0 Å². The number of aromatic carboxylic acids is 4. The first-order valence-corrected chi connectivity index (χ1v) is 5.77. The summed E-state index contributed by atoms with van der Waals surface area (Å²) in [5.41, 5.74) is -1.79. The van der Waals surface area contributed by atoms with E-state index in [1.807, 2.05) is 0 Å². The fraction of sp³-hybridized carbons (Fsp3) is 0. The van der Waals surface area contributed by atoms with Crippen LogP contribution in [-0.4, -0.2) is 198 Å². The molecule has 0 aliphatic heterocycles. The van der Waals surface area contributed by atoms with Crippen LogP contribution in [0.15, 0.2) is 24.3 Å². The van der Waals surface area contributed by atoms with Gasteiger partial charge in [-0.1, -0.05) is 0 Å². The second kappa shape index (κ2) is 12.1. The van der Waals surface area contributed by atoms with Crippen LogP contribution in [-0.2, 0) is 0 Å². The third kappa shape index (κ3) is 6.80. The van der Waals surface area contributed by atoms with Crippen molar-refractivity contribution in [3.05, 3.63) is 46.5 Å². The van der Waals surface area contributed by atoms with E-state index in [1.54, 1.807) is 0 Å². The molecular weight excluding hydrogens is 413 g/mol. The number of benzene rings is 2. The van der Waals surface area contributed by atoms with Gasteiger partial charge in [0.2, 0.25) is 0 Å². The van der Waals surface area contributed by atoms with E-state index in [0.717, 1.165) is 24.3 Å². The maximum absolute atomic E-state index is 11.3. The Balaban J connectivity index is 0. The van der Waals surface area contributed by atoms with Gasteiger partial charge in [-0.05, 0) is 35.0 Å².